The van der Waals surface area contributed by atoms with E-state index in [1.165, 1.54) is 38.5 Å². The molecule has 3 rings (SSSR count). The molecule has 0 aromatic rings. The van der Waals surface area contributed by atoms with Crippen LogP contribution in [0.15, 0.2) is 0 Å². The van der Waals surface area contributed by atoms with Gasteiger partial charge in [0.15, 0.2) is 0 Å². The first-order valence-electron chi connectivity index (χ1n) is 8.56. The van der Waals surface area contributed by atoms with Crippen molar-refractivity contribution >= 4 is 0 Å². The molecular weight excluding hydrogens is 256 g/mol. The van der Waals surface area contributed by atoms with Crippen molar-refractivity contribution < 1.29 is 19.6 Å². The van der Waals surface area contributed by atoms with Crippen LogP contribution in [0, 0.1) is 0 Å². The molecule has 4 heteroatoms. The maximum Gasteiger partial charge on any atom is 0.234 e. The van der Waals surface area contributed by atoms with Crippen molar-refractivity contribution in [2.24, 2.45) is 0 Å². The fourth-order valence-corrected chi connectivity index (χ4v) is 3.55. The van der Waals surface area contributed by atoms with Crippen molar-refractivity contribution in [1.82, 2.24) is 0 Å². The van der Waals surface area contributed by atoms with Crippen LogP contribution in [-0.4, -0.2) is 11.6 Å². The monoisotopic (exact) mass is 284 g/mol. The van der Waals surface area contributed by atoms with E-state index in [1.54, 1.807) is 0 Å². The standard InChI is InChI=1S/C16H28O4/c1-3-7-11-15(12-8-4-1)17-19-16(20-18-15)13-9-5-2-6-10-14-16/h1-14H2. The summed E-state index contributed by atoms with van der Waals surface area (Å²) < 4.78 is 0. The van der Waals surface area contributed by atoms with Crippen LogP contribution >= 0.6 is 0 Å². The molecule has 0 atom stereocenters. The molecule has 1 aliphatic heterocycles. The molecule has 0 amide bonds. The van der Waals surface area contributed by atoms with Gasteiger partial charge in [-0.05, 0) is 25.7 Å². The zero-order valence-electron chi connectivity index (χ0n) is 12.5. The Hall–Kier alpha value is -0.160. The van der Waals surface area contributed by atoms with Gasteiger partial charge in [-0.15, -0.1) is 0 Å². The minimum absolute atomic E-state index is 0.645. The Morgan fingerprint density at radius 2 is 0.600 bits per heavy atom. The van der Waals surface area contributed by atoms with Gasteiger partial charge in [-0.3, -0.25) is 0 Å². The van der Waals surface area contributed by atoms with Crippen LogP contribution in [0.3, 0.4) is 0 Å². The van der Waals surface area contributed by atoms with Gasteiger partial charge in [-0.2, -0.15) is 19.6 Å². The van der Waals surface area contributed by atoms with Crippen molar-refractivity contribution in [3.8, 4) is 0 Å². The van der Waals surface area contributed by atoms with Crippen molar-refractivity contribution in [2.45, 2.75) is 101 Å². The largest absolute Gasteiger partial charge is 0.234 e. The average Bonchev–Trinajstić information content (AvgIpc) is 2.41. The first-order valence-corrected chi connectivity index (χ1v) is 8.56. The summed E-state index contributed by atoms with van der Waals surface area (Å²) in [5.74, 6) is -1.29. The molecule has 3 aliphatic rings. The second-order valence-corrected chi connectivity index (χ2v) is 6.69. The lowest BCUT2D eigenvalue weighted by Gasteiger charge is -2.44. The number of hydrogen-bond donors (Lipinski definition) is 0. The van der Waals surface area contributed by atoms with E-state index in [1.807, 2.05) is 0 Å². The van der Waals surface area contributed by atoms with Gasteiger partial charge in [0.2, 0.25) is 11.6 Å². The van der Waals surface area contributed by atoms with Gasteiger partial charge in [-0.1, -0.05) is 38.5 Å². The molecule has 0 aromatic heterocycles. The first-order chi connectivity index (χ1) is 9.83. The van der Waals surface area contributed by atoms with Gasteiger partial charge < -0.3 is 0 Å². The van der Waals surface area contributed by atoms with E-state index >= 15 is 0 Å². The Morgan fingerprint density at radius 1 is 0.350 bits per heavy atom. The summed E-state index contributed by atoms with van der Waals surface area (Å²) in [4.78, 5) is 23.1. The molecule has 1 heterocycles. The third-order valence-corrected chi connectivity index (χ3v) is 4.92. The summed E-state index contributed by atoms with van der Waals surface area (Å²) in [5, 5.41) is 0. The summed E-state index contributed by atoms with van der Waals surface area (Å²) in [7, 11) is 0. The molecule has 2 saturated carbocycles. The highest BCUT2D eigenvalue weighted by Gasteiger charge is 2.48. The molecule has 1 saturated heterocycles. The highest BCUT2D eigenvalue weighted by Crippen LogP contribution is 2.42. The van der Waals surface area contributed by atoms with E-state index < -0.39 is 11.6 Å². The summed E-state index contributed by atoms with van der Waals surface area (Å²) in [6, 6.07) is 0. The molecule has 0 N–H and O–H groups in total. The molecule has 2 spiro atoms. The second-order valence-electron chi connectivity index (χ2n) is 6.69. The van der Waals surface area contributed by atoms with Gasteiger partial charge in [0.1, 0.15) is 0 Å². The summed E-state index contributed by atoms with van der Waals surface area (Å²) in [6.45, 7) is 0. The van der Waals surface area contributed by atoms with Crippen LogP contribution in [0.2, 0.25) is 0 Å². The molecule has 0 radical (unpaired) electrons. The van der Waals surface area contributed by atoms with Gasteiger partial charge in [0.05, 0.1) is 0 Å². The minimum Gasteiger partial charge on any atom is -0.195 e. The maximum atomic E-state index is 5.78. The van der Waals surface area contributed by atoms with Crippen LogP contribution in [0.1, 0.15) is 89.9 Å². The van der Waals surface area contributed by atoms with Crippen LogP contribution in [0.4, 0.5) is 0 Å². The predicted octanol–water partition coefficient (Wildman–Crippen LogP) is 4.78. The van der Waals surface area contributed by atoms with E-state index in [4.69, 9.17) is 19.6 Å². The van der Waals surface area contributed by atoms with E-state index in [-0.39, 0.29) is 0 Å². The van der Waals surface area contributed by atoms with Gasteiger partial charge in [0, 0.05) is 25.7 Å². The van der Waals surface area contributed by atoms with Crippen LogP contribution in [-0.2, 0) is 19.6 Å². The Morgan fingerprint density at radius 3 is 0.900 bits per heavy atom. The summed E-state index contributed by atoms with van der Waals surface area (Å²) >= 11 is 0. The third kappa shape index (κ3) is 3.53. The number of rotatable bonds is 0. The molecule has 2 aliphatic carbocycles. The molecule has 0 unspecified atom stereocenters. The van der Waals surface area contributed by atoms with Crippen LogP contribution in [0.25, 0.3) is 0 Å². The normalized spacial score (nSPS) is 31.2. The topological polar surface area (TPSA) is 36.9 Å². The smallest absolute Gasteiger partial charge is 0.195 e. The fraction of sp³-hybridized carbons (Fsp3) is 1.00. The molecule has 4 nitrogen and oxygen atoms in total. The van der Waals surface area contributed by atoms with Crippen molar-refractivity contribution in [1.29, 1.82) is 0 Å². The van der Waals surface area contributed by atoms with Crippen LogP contribution in [0.5, 0.6) is 0 Å². The Kier molecular flexibility index (Phi) is 4.97. The highest BCUT2D eigenvalue weighted by molar-refractivity contribution is 4.76. The van der Waals surface area contributed by atoms with Gasteiger partial charge in [-0.25, -0.2) is 0 Å². The van der Waals surface area contributed by atoms with Gasteiger partial charge >= 0.3 is 0 Å². The number of hydrogen-bond acceptors (Lipinski definition) is 4. The quantitative estimate of drug-likeness (QED) is 0.600. The average molecular weight is 284 g/mol. The third-order valence-electron chi connectivity index (χ3n) is 4.92. The van der Waals surface area contributed by atoms with Gasteiger partial charge in [0.25, 0.3) is 0 Å². The van der Waals surface area contributed by atoms with E-state index in [9.17, 15) is 0 Å². The Balaban J connectivity index is 1.58. The molecule has 3 fully saturated rings. The summed E-state index contributed by atoms with van der Waals surface area (Å²) in [5.41, 5.74) is 0. The highest BCUT2D eigenvalue weighted by atomic mass is 17.4. The lowest BCUT2D eigenvalue weighted by atomic mass is 9.95. The van der Waals surface area contributed by atoms with E-state index in [0.717, 1.165) is 51.4 Å². The molecular formula is C16H28O4. The fourth-order valence-electron chi connectivity index (χ4n) is 3.55. The molecule has 116 valence electrons. The SMILES string of the molecule is C1CCCC2(CCC1)OOC1(CCCCCCC1)OO2. The second kappa shape index (κ2) is 6.73. The predicted molar refractivity (Wildman–Crippen MR) is 74.4 cm³/mol. The lowest BCUT2D eigenvalue weighted by Crippen LogP contribution is -2.51. The first kappa shape index (κ1) is 14.8. The molecule has 0 bridgehead atoms. The summed E-state index contributed by atoms with van der Waals surface area (Å²) in [6.07, 6.45) is 15.7. The minimum atomic E-state index is -0.645. The lowest BCUT2D eigenvalue weighted by molar-refractivity contribution is -0.660. The van der Waals surface area contributed by atoms with Crippen LogP contribution < -0.4 is 0 Å². The molecule has 0 aromatic carbocycles. The van der Waals surface area contributed by atoms with Crippen molar-refractivity contribution in [3.05, 3.63) is 0 Å². The van der Waals surface area contributed by atoms with Crippen molar-refractivity contribution in [3.63, 3.8) is 0 Å². The molecule has 20 heavy (non-hydrogen) atoms. The zero-order chi connectivity index (χ0) is 13.7. The van der Waals surface area contributed by atoms with Crippen molar-refractivity contribution in [2.75, 3.05) is 0 Å². The van der Waals surface area contributed by atoms with E-state index in [0.29, 0.717) is 0 Å². The zero-order valence-corrected chi connectivity index (χ0v) is 12.5. The maximum absolute atomic E-state index is 5.78. The Bertz CT molecular complexity index is 247. The van der Waals surface area contributed by atoms with E-state index in [2.05, 4.69) is 0 Å². The Labute approximate surface area is 122 Å².